The van der Waals surface area contributed by atoms with E-state index in [1.165, 1.54) is 0 Å². The number of hydrogen-bond acceptors (Lipinski definition) is 6. The van der Waals surface area contributed by atoms with Gasteiger partial charge in [0.25, 0.3) is 0 Å². The molecule has 31 heavy (non-hydrogen) atoms. The molecule has 5 heterocycles. The Kier molecular flexibility index (Phi) is 5.04. The molecule has 158 valence electrons. The van der Waals surface area contributed by atoms with Crippen molar-refractivity contribution in [2.75, 3.05) is 19.6 Å². The van der Waals surface area contributed by atoms with Crippen molar-refractivity contribution in [2.45, 2.75) is 32.3 Å². The van der Waals surface area contributed by atoms with Gasteiger partial charge in [-0.1, -0.05) is 6.92 Å². The first-order valence-corrected chi connectivity index (χ1v) is 10.7. The highest BCUT2D eigenvalue weighted by Crippen LogP contribution is 2.37. The molecule has 0 spiro atoms. The summed E-state index contributed by atoms with van der Waals surface area (Å²) < 4.78 is 8.23. The number of nitriles is 1. The number of ether oxygens (including phenoxy) is 1. The molecule has 5 rings (SSSR count). The molecule has 0 radical (unpaired) electrons. The van der Waals surface area contributed by atoms with Crippen LogP contribution in [0.2, 0.25) is 0 Å². The fourth-order valence-corrected chi connectivity index (χ4v) is 4.39. The van der Waals surface area contributed by atoms with Crippen molar-refractivity contribution in [3.8, 4) is 22.9 Å². The van der Waals surface area contributed by atoms with Crippen LogP contribution in [-0.2, 0) is 7.05 Å². The van der Waals surface area contributed by atoms with Gasteiger partial charge in [-0.25, -0.2) is 9.97 Å². The highest BCUT2D eigenvalue weighted by Gasteiger charge is 2.24. The highest BCUT2D eigenvalue weighted by atomic mass is 16.5. The van der Waals surface area contributed by atoms with Gasteiger partial charge in [0.05, 0.1) is 23.3 Å². The number of rotatable bonds is 5. The zero-order valence-corrected chi connectivity index (χ0v) is 17.8. The molecule has 4 aromatic rings. The molecule has 0 unspecified atom stereocenters. The summed E-state index contributed by atoms with van der Waals surface area (Å²) in [6.45, 7) is 5.37. The standard InChI is InChI=1S/C23H25N7O/c1-3-6-30-7-4-17(5-8-30)31-22-19(10-24)25-13-20-21(22)18-9-15(11-26-23(18)28-20)16-12-27-29(2)14-16/h9,11-14,17H,3-8H2,1-2H3,(H,26,28). The van der Waals surface area contributed by atoms with Gasteiger partial charge in [-0.05, 0) is 31.9 Å². The molecule has 8 nitrogen and oxygen atoms in total. The molecule has 1 saturated heterocycles. The maximum absolute atomic E-state index is 9.73. The Balaban J connectivity index is 1.57. The molecule has 0 aliphatic carbocycles. The molecule has 4 aromatic heterocycles. The van der Waals surface area contributed by atoms with Crippen molar-refractivity contribution < 1.29 is 4.74 Å². The number of likely N-dealkylation sites (tertiary alicyclic amines) is 1. The molecule has 0 aromatic carbocycles. The predicted molar refractivity (Wildman–Crippen MR) is 119 cm³/mol. The fourth-order valence-electron chi connectivity index (χ4n) is 4.39. The van der Waals surface area contributed by atoms with Crippen LogP contribution >= 0.6 is 0 Å². The largest absolute Gasteiger partial charge is 0.487 e. The third-order valence-corrected chi connectivity index (χ3v) is 5.95. The van der Waals surface area contributed by atoms with Crippen LogP contribution < -0.4 is 4.74 Å². The topological polar surface area (TPSA) is 95.7 Å². The molecule has 8 heteroatoms. The highest BCUT2D eigenvalue weighted by molar-refractivity contribution is 6.10. The van der Waals surface area contributed by atoms with Crippen LogP contribution in [0.15, 0.2) is 30.9 Å². The van der Waals surface area contributed by atoms with E-state index in [0.29, 0.717) is 11.4 Å². The van der Waals surface area contributed by atoms with Crippen LogP contribution in [0.3, 0.4) is 0 Å². The Labute approximate surface area is 180 Å². The van der Waals surface area contributed by atoms with Crippen molar-refractivity contribution in [1.29, 1.82) is 5.26 Å². The van der Waals surface area contributed by atoms with E-state index in [1.807, 2.05) is 25.6 Å². The molecule has 0 amide bonds. The van der Waals surface area contributed by atoms with Crippen LogP contribution in [-0.4, -0.2) is 55.4 Å². The molecule has 1 fully saturated rings. The van der Waals surface area contributed by atoms with Crippen molar-refractivity contribution in [3.63, 3.8) is 0 Å². The molecular weight excluding hydrogens is 390 g/mol. The summed E-state index contributed by atoms with van der Waals surface area (Å²) in [7, 11) is 1.89. The van der Waals surface area contributed by atoms with Gasteiger partial charge >= 0.3 is 0 Å². The second kappa shape index (κ2) is 8.00. The second-order valence-electron chi connectivity index (χ2n) is 8.14. The lowest BCUT2D eigenvalue weighted by Gasteiger charge is -2.32. The minimum absolute atomic E-state index is 0.0759. The summed E-state index contributed by atoms with van der Waals surface area (Å²) in [4.78, 5) is 14.8. The van der Waals surface area contributed by atoms with E-state index in [2.05, 4.69) is 44.0 Å². The summed E-state index contributed by atoms with van der Waals surface area (Å²) >= 11 is 0. The van der Waals surface area contributed by atoms with E-state index >= 15 is 0 Å². The summed E-state index contributed by atoms with van der Waals surface area (Å²) in [5, 5.41) is 15.8. The molecule has 1 aliphatic rings. The third-order valence-electron chi connectivity index (χ3n) is 5.95. The van der Waals surface area contributed by atoms with E-state index in [9.17, 15) is 5.26 Å². The smallest absolute Gasteiger partial charge is 0.183 e. The van der Waals surface area contributed by atoms with Crippen molar-refractivity contribution >= 4 is 21.9 Å². The third kappa shape index (κ3) is 3.62. The van der Waals surface area contributed by atoms with Gasteiger partial charge in [0.1, 0.15) is 17.8 Å². The number of aryl methyl sites for hydroxylation is 1. The normalized spacial score (nSPS) is 15.5. The van der Waals surface area contributed by atoms with Crippen LogP contribution in [0.4, 0.5) is 0 Å². The Bertz CT molecular complexity index is 1270. The lowest BCUT2D eigenvalue weighted by molar-refractivity contribution is 0.101. The minimum atomic E-state index is 0.0759. The Morgan fingerprint density at radius 2 is 2.03 bits per heavy atom. The van der Waals surface area contributed by atoms with Gasteiger partial charge in [-0.2, -0.15) is 10.4 Å². The van der Waals surface area contributed by atoms with Crippen LogP contribution in [0.5, 0.6) is 5.75 Å². The van der Waals surface area contributed by atoms with Gasteiger partial charge in [-0.15, -0.1) is 0 Å². The monoisotopic (exact) mass is 415 g/mol. The average Bonchev–Trinajstić information content (AvgIpc) is 3.38. The second-order valence-corrected chi connectivity index (χ2v) is 8.14. The fraction of sp³-hybridized carbons (Fsp3) is 0.391. The molecule has 0 bridgehead atoms. The number of hydrogen-bond donors (Lipinski definition) is 1. The average molecular weight is 416 g/mol. The van der Waals surface area contributed by atoms with E-state index < -0.39 is 0 Å². The van der Waals surface area contributed by atoms with Gasteiger partial charge in [0, 0.05) is 49.0 Å². The first kappa shape index (κ1) is 19.5. The number of pyridine rings is 2. The number of aromatic amines is 1. The number of piperidine rings is 1. The van der Waals surface area contributed by atoms with E-state index in [-0.39, 0.29) is 6.10 Å². The van der Waals surface area contributed by atoms with Crippen LogP contribution in [0.1, 0.15) is 31.9 Å². The van der Waals surface area contributed by atoms with Crippen LogP contribution in [0.25, 0.3) is 33.1 Å². The number of fused-ring (bicyclic) bond motifs is 3. The molecule has 1 aliphatic heterocycles. The first-order valence-electron chi connectivity index (χ1n) is 10.7. The lowest BCUT2D eigenvalue weighted by atomic mass is 10.1. The van der Waals surface area contributed by atoms with E-state index in [0.717, 1.165) is 72.0 Å². The van der Waals surface area contributed by atoms with Gasteiger partial charge in [0.15, 0.2) is 11.4 Å². The summed E-state index contributed by atoms with van der Waals surface area (Å²) in [6, 6.07) is 4.30. The van der Waals surface area contributed by atoms with Crippen molar-refractivity contribution in [3.05, 3.63) is 36.5 Å². The van der Waals surface area contributed by atoms with Crippen LogP contribution in [0, 0.1) is 11.3 Å². The van der Waals surface area contributed by atoms with Crippen molar-refractivity contribution in [1.82, 2.24) is 29.6 Å². The van der Waals surface area contributed by atoms with Gasteiger partial charge in [0.2, 0.25) is 0 Å². The van der Waals surface area contributed by atoms with Crippen molar-refractivity contribution in [2.24, 2.45) is 7.05 Å². The van der Waals surface area contributed by atoms with Gasteiger partial charge < -0.3 is 14.6 Å². The maximum Gasteiger partial charge on any atom is 0.183 e. The Hall–Kier alpha value is -3.44. The molecule has 0 saturated carbocycles. The predicted octanol–water partition coefficient (Wildman–Crippen LogP) is 3.64. The van der Waals surface area contributed by atoms with E-state index in [4.69, 9.17) is 4.74 Å². The number of nitrogens with zero attached hydrogens (tertiary/aromatic N) is 6. The molecular formula is C23H25N7O. The lowest BCUT2D eigenvalue weighted by Crippen LogP contribution is -2.38. The minimum Gasteiger partial charge on any atom is -0.487 e. The zero-order chi connectivity index (χ0) is 21.4. The summed E-state index contributed by atoms with van der Waals surface area (Å²) in [6.07, 6.45) is 10.4. The summed E-state index contributed by atoms with van der Waals surface area (Å²) in [5.74, 6) is 0.560. The number of H-pyrrole nitrogens is 1. The number of nitrogens with one attached hydrogen (secondary N) is 1. The van der Waals surface area contributed by atoms with E-state index in [1.54, 1.807) is 10.9 Å². The first-order chi connectivity index (χ1) is 15.2. The zero-order valence-electron chi connectivity index (χ0n) is 17.8. The molecule has 0 atom stereocenters. The summed E-state index contributed by atoms with van der Waals surface area (Å²) in [5.41, 5.74) is 3.85. The Morgan fingerprint density at radius 3 is 2.74 bits per heavy atom. The number of aromatic nitrogens is 5. The Morgan fingerprint density at radius 1 is 1.19 bits per heavy atom. The quantitative estimate of drug-likeness (QED) is 0.535. The van der Waals surface area contributed by atoms with Gasteiger partial charge in [-0.3, -0.25) is 4.68 Å². The SMILES string of the molecule is CCCN1CCC(Oc2c(C#N)ncc3[nH]c4ncc(-c5cnn(C)c5)cc4c23)CC1. The maximum atomic E-state index is 9.73. The molecule has 1 N–H and O–H groups in total.